The molecule has 2 fully saturated rings. The van der Waals surface area contributed by atoms with Crippen LogP contribution in [0.25, 0.3) is 0 Å². The van der Waals surface area contributed by atoms with Gasteiger partial charge in [0.05, 0.1) is 24.1 Å². The Bertz CT molecular complexity index is 741. The van der Waals surface area contributed by atoms with E-state index in [1.807, 2.05) is 0 Å². The van der Waals surface area contributed by atoms with Gasteiger partial charge in [-0.05, 0) is 24.5 Å². The van der Waals surface area contributed by atoms with Crippen molar-refractivity contribution in [3.63, 3.8) is 0 Å². The van der Waals surface area contributed by atoms with Crippen LogP contribution in [0.4, 0.5) is 18.0 Å². The molecule has 6 nitrogen and oxygen atoms in total. The largest absolute Gasteiger partial charge is 0.463 e. The number of nitrogens with one attached hydrogen (secondary N) is 1. The molecule has 1 aromatic carbocycles. The Kier molecular flexibility index (Phi) is 5.12. The highest BCUT2D eigenvalue weighted by molar-refractivity contribution is 6.01. The summed E-state index contributed by atoms with van der Waals surface area (Å²) in [6.45, 7) is -0.380. The number of ether oxygens (including phenoxy) is 1. The summed E-state index contributed by atoms with van der Waals surface area (Å²) in [4.78, 5) is 36.7. The second kappa shape index (κ2) is 7.21. The first kappa shape index (κ1) is 19.2. The molecule has 2 aliphatic rings. The number of esters is 1. The fourth-order valence-corrected chi connectivity index (χ4v) is 3.63. The topological polar surface area (TPSA) is 75.7 Å². The van der Waals surface area contributed by atoms with Crippen molar-refractivity contribution in [3.05, 3.63) is 35.4 Å². The van der Waals surface area contributed by atoms with Gasteiger partial charge in [-0.1, -0.05) is 31.0 Å². The third kappa shape index (κ3) is 3.77. The van der Waals surface area contributed by atoms with Crippen LogP contribution in [0.2, 0.25) is 0 Å². The highest BCUT2D eigenvalue weighted by Crippen LogP contribution is 2.43. The van der Waals surface area contributed by atoms with Crippen molar-refractivity contribution in [3.8, 4) is 0 Å². The van der Waals surface area contributed by atoms with Crippen LogP contribution in [0.5, 0.6) is 0 Å². The van der Waals surface area contributed by atoms with Crippen LogP contribution in [0.15, 0.2) is 24.3 Å². The maximum Gasteiger partial charge on any atom is 0.416 e. The molecule has 3 rings (SSSR count). The van der Waals surface area contributed by atoms with Crippen molar-refractivity contribution in [2.75, 3.05) is 19.7 Å². The number of nitrogens with zero attached hydrogens (tertiary/aromatic N) is 1. The van der Waals surface area contributed by atoms with Crippen LogP contribution < -0.4 is 5.32 Å². The molecule has 9 heteroatoms. The van der Waals surface area contributed by atoms with Crippen molar-refractivity contribution in [2.24, 2.45) is 0 Å². The third-order valence-electron chi connectivity index (χ3n) is 5.08. The third-order valence-corrected chi connectivity index (χ3v) is 5.08. The van der Waals surface area contributed by atoms with E-state index in [4.69, 9.17) is 4.74 Å². The van der Waals surface area contributed by atoms with E-state index in [0.717, 1.165) is 17.0 Å². The van der Waals surface area contributed by atoms with Gasteiger partial charge in [0.1, 0.15) is 6.61 Å². The van der Waals surface area contributed by atoms with E-state index in [1.54, 1.807) is 0 Å². The lowest BCUT2D eigenvalue weighted by atomic mass is 9.78. The SMILES string of the molecule is O=C1CNC(=O)N1CCOC(=O)C1(c2cccc(C(F)(F)F)c2)CCCC1. The number of benzene rings is 1. The molecular weight excluding hydrogens is 365 g/mol. The fourth-order valence-electron chi connectivity index (χ4n) is 3.63. The molecule has 0 radical (unpaired) electrons. The first-order valence-corrected chi connectivity index (χ1v) is 8.67. The standard InChI is InChI=1S/C18H19F3N2O4/c19-18(20,21)13-5-3-4-12(10-13)17(6-1-2-7-17)15(25)27-9-8-23-14(24)11-22-16(23)26/h3-5,10H,1-2,6-9,11H2,(H,22,26). The summed E-state index contributed by atoms with van der Waals surface area (Å²) in [6, 6.07) is 4.22. The lowest BCUT2D eigenvalue weighted by Gasteiger charge is -2.28. The van der Waals surface area contributed by atoms with Gasteiger partial charge in [0.15, 0.2) is 0 Å². The van der Waals surface area contributed by atoms with Crippen LogP contribution in [0, 0.1) is 0 Å². The van der Waals surface area contributed by atoms with Crippen molar-refractivity contribution in [1.82, 2.24) is 10.2 Å². The fraction of sp³-hybridized carbons (Fsp3) is 0.500. The molecule has 1 aliphatic carbocycles. The molecule has 0 unspecified atom stereocenters. The minimum absolute atomic E-state index is 0.0882. The van der Waals surface area contributed by atoms with E-state index in [-0.39, 0.29) is 25.3 Å². The molecule has 1 saturated carbocycles. The highest BCUT2D eigenvalue weighted by Gasteiger charge is 2.45. The minimum Gasteiger partial charge on any atom is -0.463 e. The van der Waals surface area contributed by atoms with Crippen LogP contribution >= 0.6 is 0 Å². The molecule has 3 amide bonds. The number of hydrogen-bond acceptors (Lipinski definition) is 4. The van der Waals surface area contributed by atoms with Gasteiger partial charge in [-0.25, -0.2) is 4.79 Å². The van der Waals surface area contributed by atoms with Gasteiger partial charge < -0.3 is 10.1 Å². The zero-order valence-electron chi connectivity index (χ0n) is 14.5. The van der Waals surface area contributed by atoms with Crippen LogP contribution in [-0.2, 0) is 25.9 Å². The molecule has 0 atom stereocenters. The van der Waals surface area contributed by atoms with Crippen molar-refractivity contribution < 1.29 is 32.3 Å². The van der Waals surface area contributed by atoms with E-state index >= 15 is 0 Å². The quantitative estimate of drug-likeness (QED) is 0.626. The molecule has 1 N–H and O–H groups in total. The molecule has 0 spiro atoms. The number of carbonyl (C=O) groups excluding carboxylic acids is 3. The summed E-state index contributed by atoms with van der Waals surface area (Å²) in [5, 5.41) is 2.36. The average Bonchev–Trinajstić information content (AvgIpc) is 3.24. The van der Waals surface area contributed by atoms with Gasteiger partial charge in [0, 0.05) is 0 Å². The maximum atomic E-state index is 13.0. The summed E-state index contributed by atoms with van der Waals surface area (Å²) in [5.41, 5.74) is -1.65. The number of imide groups is 1. The smallest absolute Gasteiger partial charge is 0.416 e. The number of hydrogen-bond donors (Lipinski definition) is 1. The zero-order valence-corrected chi connectivity index (χ0v) is 14.5. The monoisotopic (exact) mass is 384 g/mol. The minimum atomic E-state index is -4.50. The van der Waals surface area contributed by atoms with Gasteiger partial charge in [-0.3, -0.25) is 14.5 Å². The summed E-state index contributed by atoms with van der Waals surface area (Å²) < 4.78 is 44.4. The molecule has 27 heavy (non-hydrogen) atoms. The Morgan fingerprint density at radius 3 is 2.52 bits per heavy atom. The lowest BCUT2D eigenvalue weighted by Crippen LogP contribution is -2.38. The Hall–Kier alpha value is -2.58. The van der Waals surface area contributed by atoms with Crippen molar-refractivity contribution in [1.29, 1.82) is 0 Å². The molecule has 1 saturated heterocycles. The predicted octanol–water partition coefficient (Wildman–Crippen LogP) is 2.61. The maximum absolute atomic E-state index is 13.0. The lowest BCUT2D eigenvalue weighted by molar-refractivity contribution is -0.151. The van der Waals surface area contributed by atoms with Crippen molar-refractivity contribution in [2.45, 2.75) is 37.3 Å². The van der Waals surface area contributed by atoms with Gasteiger partial charge in [0.25, 0.3) is 0 Å². The molecule has 0 aromatic heterocycles. The summed E-state index contributed by atoms with van der Waals surface area (Å²) >= 11 is 0. The van der Waals surface area contributed by atoms with Gasteiger partial charge in [-0.15, -0.1) is 0 Å². The number of carbonyl (C=O) groups is 3. The molecule has 146 valence electrons. The number of alkyl halides is 3. The predicted molar refractivity (Wildman–Crippen MR) is 87.7 cm³/mol. The Morgan fingerprint density at radius 1 is 1.22 bits per heavy atom. The Labute approximate surface area is 153 Å². The first-order valence-electron chi connectivity index (χ1n) is 8.67. The second-order valence-electron chi connectivity index (χ2n) is 6.71. The molecule has 1 aromatic rings. The van der Waals surface area contributed by atoms with E-state index in [2.05, 4.69) is 5.32 Å². The summed E-state index contributed by atoms with van der Waals surface area (Å²) in [5.74, 6) is -1.03. The summed E-state index contributed by atoms with van der Waals surface area (Å²) in [7, 11) is 0. The van der Waals surface area contributed by atoms with Gasteiger partial charge in [0.2, 0.25) is 5.91 Å². The Balaban J connectivity index is 1.74. The van der Waals surface area contributed by atoms with Crippen molar-refractivity contribution >= 4 is 17.9 Å². The number of amides is 3. The molecule has 1 aliphatic heterocycles. The zero-order chi connectivity index (χ0) is 19.7. The molecular formula is C18H19F3N2O4. The number of rotatable bonds is 5. The van der Waals surface area contributed by atoms with Gasteiger partial charge >= 0.3 is 18.2 Å². The average molecular weight is 384 g/mol. The van der Waals surface area contributed by atoms with Crippen LogP contribution in [0.3, 0.4) is 0 Å². The molecule has 1 heterocycles. The number of halogens is 3. The van der Waals surface area contributed by atoms with Crippen LogP contribution in [0.1, 0.15) is 36.8 Å². The highest BCUT2D eigenvalue weighted by atomic mass is 19.4. The summed E-state index contributed by atoms with van der Waals surface area (Å²) in [6.07, 6.45) is -2.29. The van der Waals surface area contributed by atoms with Gasteiger partial charge in [-0.2, -0.15) is 13.2 Å². The van der Waals surface area contributed by atoms with E-state index in [9.17, 15) is 27.6 Å². The Morgan fingerprint density at radius 2 is 1.93 bits per heavy atom. The number of urea groups is 1. The first-order chi connectivity index (χ1) is 12.7. The van der Waals surface area contributed by atoms with E-state index in [1.165, 1.54) is 12.1 Å². The van der Waals surface area contributed by atoms with E-state index in [0.29, 0.717) is 25.7 Å². The second-order valence-corrected chi connectivity index (χ2v) is 6.71. The van der Waals surface area contributed by atoms with E-state index < -0.39 is 35.1 Å². The van der Waals surface area contributed by atoms with Crippen LogP contribution in [-0.4, -0.2) is 42.5 Å². The molecule has 0 bridgehead atoms. The normalized spacial score (nSPS) is 19.3.